The summed E-state index contributed by atoms with van der Waals surface area (Å²) >= 11 is 3.19. The van der Waals surface area contributed by atoms with E-state index in [1.807, 2.05) is 0 Å². The van der Waals surface area contributed by atoms with Crippen molar-refractivity contribution in [1.29, 1.82) is 0 Å². The van der Waals surface area contributed by atoms with Gasteiger partial charge in [0.05, 0.1) is 0 Å². The lowest BCUT2D eigenvalue weighted by Gasteiger charge is -1.85. The van der Waals surface area contributed by atoms with Crippen molar-refractivity contribution in [2.75, 3.05) is 0 Å². The molecule has 2 aromatic heterocycles. The molecule has 0 atom stereocenters. The number of pyridine rings is 1. The molecule has 2 heterocycles. The molecule has 13 heavy (non-hydrogen) atoms. The molecule has 0 aliphatic rings. The van der Waals surface area contributed by atoms with Crippen LogP contribution in [0.4, 0.5) is 0 Å². The standard InChI is InChI=1S/C7H3BrN2O3/c8-3-1-4-5(9-2-3)13-6(10-4)7(11)12/h1-2H,(H,11,12). The maximum absolute atomic E-state index is 10.5. The Morgan fingerprint density at radius 1 is 1.62 bits per heavy atom. The first-order chi connectivity index (χ1) is 6.16. The zero-order chi connectivity index (χ0) is 9.42. The molecule has 0 fully saturated rings. The van der Waals surface area contributed by atoms with Crippen molar-refractivity contribution in [3.05, 3.63) is 22.6 Å². The molecule has 0 amide bonds. The highest BCUT2D eigenvalue weighted by atomic mass is 79.9. The molecule has 0 saturated carbocycles. The van der Waals surface area contributed by atoms with Crippen LogP contribution in [0.1, 0.15) is 10.7 Å². The average molecular weight is 243 g/mol. The summed E-state index contributed by atoms with van der Waals surface area (Å²) in [5.74, 6) is -1.55. The Morgan fingerprint density at radius 2 is 2.38 bits per heavy atom. The third-order valence-corrected chi connectivity index (χ3v) is 1.83. The van der Waals surface area contributed by atoms with Crippen molar-refractivity contribution < 1.29 is 14.3 Å². The minimum atomic E-state index is -1.20. The fourth-order valence-corrected chi connectivity index (χ4v) is 1.21. The van der Waals surface area contributed by atoms with Gasteiger partial charge in [-0.3, -0.25) is 0 Å². The molecule has 0 aliphatic carbocycles. The highest BCUT2D eigenvalue weighted by molar-refractivity contribution is 9.10. The van der Waals surface area contributed by atoms with E-state index >= 15 is 0 Å². The number of aromatic nitrogens is 2. The Balaban J connectivity index is 2.68. The zero-order valence-electron chi connectivity index (χ0n) is 6.19. The van der Waals surface area contributed by atoms with Crippen LogP contribution in [0.25, 0.3) is 11.2 Å². The minimum absolute atomic E-state index is 0.223. The second kappa shape index (κ2) is 2.81. The number of carbonyl (C=O) groups is 1. The van der Waals surface area contributed by atoms with Crippen molar-refractivity contribution in [3.8, 4) is 0 Å². The number of aromatic carboxylic acids is 1. The second-order valence-corrected chi connectivity index (χ2v) is 3.22. The van der Waals surface area contributed by atoms with Crippen LogP contribution in [0.15, 0.2) is 21.2 Å². The average Bonchev–Trinajstić information content (AvgIpc) is 2.46. The van der Waals surface area contributed by atoms with Gasteiger partial charge in [-0.05, 0) is 22.0 Å². The number of fused-ring (bicyclic) bond motifs is 1. The van der Waals surface area contributed by atoms with Gasteiger partial charge in [-0.2, -0.15) is 0 Å². The van der Waals surface area contributed by atoms with Crippen LogP contribution in [-0.4, -0.2) is 21.0 Å². The third-order valence-electron chi connectivity index (χ3n) is 1.40. The zero-order valence-corrected chi connectivity index (χ0v) is 7.78. The molecule has 2 rings (SSSR count). The van der Waals surface area contributed by atoms with Crippen LogP contribution in [0.2, 0.25) is 0 Å². The van der Waals surface area contributed by atoms with E-state index in [2.05, 4.69) is 25.9 Å². The quantitative estimate of drug-likeness (QED) is 0.824. The Bertz CT molecular complexity index is 480. The van der Waals surface area contributed by atoms with Gasteiger partial charge in [0.1, 0.15) is 5.52 Å². The minimum Gasteiger partial charge on any atom is -0.474 e. The van der Waals surface area contributed by atoms with Crippen molar-refractivity contribution in [1.82, 2.24) is 9.97 Å². The number of halogens is 1. The predicted molar refractivity (Wildman–Crippen MR) is 46.5 cm³/mol. The third kappa shape index (κ3) is 1.40. The van der Waals surface area contributed by atoms with Gasteiger partial charge in [0.15, 0.2) is 0 Å². The number of nitrogens with zero attached hydrogens (tertiary/aromatic N) is 2. The molecule has 0 bridgehead atoms. The van der Waals surface area contributed by atoms with E-state index in [4.69, 9.17) is 9.52 Å². The lowest BCUT2D eigenvalue weighted by molar-refractivity contribution is 0.0656. The lowest BCUT2D eigenvalue weighted by Crippen LogP contribution is -1.94. The first-order valence-electron chi connectivity index (χ1n) is 3.32. The molecule has 0 spiro atoms. The maximum Gasteiger partial charge on any atom is 0.392 e. The van der Waals surface area contributed by atoms with E-state index < -0.39 is 5.97 Å². The molecule has 2 aromatic rings. The Morgan fingerprint density at radius 3 is 3.08 bits per heavy atom. The van der Waals surface area contributed by atoms with Gasteiger partial charge in [-0.25, -0.2) is 14.8 Å². The molecule has 0 aromatic carbocycles. The summed E-state index contributed by atoms with van der Waals surface area (Å²) in [5.41, 5.74) is 0.646. The van der Waals surface area contributed by atoms with E-state index in [1.54, 1.807) is 6.07 Å². The van der Waals surface area contributed by atoms with E-state index in [0.717, 1.165) is 4.47 Å². The predicted octanol–water partition coefficient (Wildman–Crippen LogP) is 1.68. The molecular formula is C7H3BrN2O3. The molecule has 0 radical (unpaired) electrons. The van der Waals surface area contributed by atoms with Gasteiger partial charge in [-0.15, -0.1) is 0 Å². The molecule has 0 aliphatic heterocycles. The molecule has 5 nitrogen and oxygen atoms in total. The highest BCUT2D eigenvalue weighted by Gasteiger charge is 2.12. The summed E-state index contributed by atoms with van der Waals surface area (Å²) < 4.78 is 5.57. The number of carboxylic acid groups (broad SMARTS) is 1. The largest absolute Gasteiger partial charge is 0.474 e. The summed E-state index contributed by atoms with van der Waals surface area (Å²) in [4.78, 5) is 18.0. The lowest BCUT2D eigenvalue weighted by atomic mass is 10.4. The topological polar surface area (TPSA) is 76.2 Å². The Labute approximate surface area is 80.5 Å². The van der Waals surface area contributed by atoms with E-state index in [1.165, 1.54) is 6.20 Å². The van der Waals surface area contributed by atoms with Crippen LogP contribution in [0.3, 0.4) is 0 Å². The fourth-order valence-electron chi connectivity index (χ4n) is 0.890. The molecule has 1 N–H and O–H groups in total. The molecule has 66 valence electrons. The van der Waals surface area contributed by atoms with Gasteiger partial charge in [-0.1, -0.05) is 0 Å². The van der Waals surface area contributed by atoms with Crippen LogP contribution in [0.5, 0.6) is 0 Å². The summed E-state index contributed by atoms with van der Waals surface area (Å²) in [7, 11) is 0. The number of rotatable bonds is 1. The number of oxazole rings is 1. The summed E-state index contributed by atoms with van der Waals surface area (Å²) in [6.45, 7) is 0. The van der Waals surface area contributed by atoms with Crippen LogP contribution >= 0.6 is 15.9 Å². The van der Waals surface area contributed by atoms with Crippen molar-refractivity contribution in [3.63, 3.8) is 0 Å². The number of hydrogen-bond donors (Lipinski definition) is 1. The number of hydrogen-bond acceptors (Lipinski definition) is 4. The second-order valence-electron chi connectivity index (χ2n) is 2.30. The van der Waals surface area contributed by atoms with Gasteiger partial charge < -0.3 is 9.52 Å². The van der Waals surface area contributed by atoms with Gasteiger partial charge in [0, 0.05) is 10.7 Å². The summed E-state index contributed by atoms with van der Waals surface area (Å²) in [5, 5.41) is 8.56. The van der Waals surface area contributed by atoms with Crippen LogP contribution in [-0.2, 0) is 0 Å². The van der Waals surface area contributed by atoms with Crippen molar-refractivity contribution >= 4 is 33.1 Å². The maximum atomic E-state index is 10.5. The SMILES string of the molecule is O=C(O)c1nc2cc(Br)cnc2o1. The first kappa shape index (κ1) is 8.18. The first-order valence-corrected chi connectivity index (χ1v) is 4.11. The van der Waals surface area contributed by atoms with Gasteiger partial charge >= 0.3 is 11.9 Å². The molecular weight excluding hydrogens is 240 g/mol. The summed E-state index contributed by atoms with van der Waals surface area (Å²) in [6.07, 6.45) is 1.51. The van der Waals surface area contributed by atoms with Crippen molar-refractivity contribution in [2.45, 2.75) is 0 Å². The summed E-state index contributed by atoms with van der Waals surface area (Å²) in [6, 6.07) is 1.64. The van der Waals surface area contributed by atoms with Gasteiger partial charge in [0.2, 0.25) is 5.71 Å². The molecule has 6 heteroatoms. The molecule has 0 unspecified atom stereocenters. The Hall–Kier alpha value is -1.43. The molecule has 0 saturated heterocycles. The monoisotopic (exact) mass is 242 g/mol. The fraction of sp³-hybridized carbons (Fsp3) is 0. The smallest absolute Gasteiger partial charge is 0.392 e. The van der Waals surface area contributed by atoms with E-state index in [0.29, 0.717) is 5.52 Å². The Kier molecular flexibility index (Phi) is 1.77. The van der Waals surface area contributed by atoms with E-state index in [-0.39, 0.29) is 11.6 Å². The van der Waals surface area contributed by atoms with Gasteiger partial charge in [0.25, 0.3) is 0 Å². The number of carboxylic acids is 1. The van der Waals surface area contributed by atoms with Crippen LogP contribution < -0.4 is 0 Å². The van der Waals surface area contributed by atoms with Crippen molar-refractivity contribution in [2.24, 2.45) is 0 Å². The normalized spacial score (nSPS) is 10.5. The van der Waals surface area contributed by atoms with Crippen LogP contribution in [0, 0.1) is 0 Å². The van der Waals surface area contributed by atoms with E-state index in [9.17, 15) is 4.79 Å². The highest BCUT2D eigenvalue weighted by Crippen LogP contribution is 2.17.